The maximum atomic E-state index is 12.7. The zero-order chi connectivity index (χ0) is 26.5. The van der Waals surface area contributed by atoms with Crippen LogP contribution in [-0.2, 0) is 20.7 Å². The third-order valence-electron chi connectivity index (χ3n) is 7.74. The van der Waals surface area contributed by atoms with E-state index in [-0.39, 0.29) is 18.2 Å². The molecule has 0 aromatic heterocycles. The van der Waals surface area contributed by atoms with Crippen molar-refractivity contribution in [3.8, 4) is 5.75 Å². The van der Waals surface area contributed by atoms with Crippen LogP contribution >= 0.6 is 11.6 Å². The second-order valence-electron chi connectivity index (χ2n) is 10.6. The zero-order valence-electron chi connectivity index (χ0n) is 22.5. The highest BCUT2D eigenvalue weighted by atomic mass is 35.5. The van der Waals surface area contributed by atoms with Gasteiger partial charge in [0.1, 0.15) is 5.75 Å². The van der Waals surface area contributed by atoms with Crippen molar-refractivity contribution in [2.24, 2.45) is 5.92 Å². The first-order chi connectivity index (χ1) is 17.8. The van der Waals surface area contributed by atoms with Gasteiger partial charge in [-0.15, -0.1) is 0 Å². The number of ether oxygens (including phenoxy) is 2. The summed E-state index contributed by atoms with van der Waals surface area (Å²) < 4.78 is 11.5. The molecule has 2 atom stereocenters. The molecule has 4 rings (SSSR count). The lowest BCUT2D eigenvalue weighted by Gasteiger charge is -2.35. The number of esters is 1. The van der Waals surface area contributed by atoms with Crippen LogP contribution in [0.5, 0.6) is 5.75 Å². The normalized spacial score (nSPS) is 18.2. The van der Waals surface area contributed by atoms with Gasteiger partial charge in [0.2, 0.25) is 5.91 Å². The van der Waals surface area contributed by atoms with Gasteiger partial charge in [-0.25, -0.2) is 0 Å². The first-order valence-corrected chi connectivity index (χ1v) is 13.8. The SMILES string of the molecule is CCCc1cc(Cl)ccc1C1COc2ccc([C@@H](CC(=O)N(C)C)C(=O)OC)cc2N(CC2CCC2)C1. The molecule has 2 aromatic carbocycles. The molecule has 1 aliphatic carbocycles. The molecule has 1 aliphatic heterocycles. The first kappa shape index (κ1) is 27.3. The number of amides is 1. The number of hydrogen-bond donors (Lipinski definition) is 0. The largest absolute Gasteiger partial charge is 0.491 e. The molecular formula is C30H39ClN2O4. The Balaban J connectivity index is 1.69. The highest BCUT2D eigenvalue weighted by Gasteiger charge is 2.32. The summed E-state index contributed by atoms with van der Waals surface area (Å²) in [4.78, 5) is 29.2. The molecule has 0 N–H and O–H groups in total. The summed E-state index contributed by atoms with van der Waals surface area (Å²) in [6.07, 6.45) is 5.85. The summed E-state index contributed by atoms with van der Waals surface area (Å²) >= 11 is 6.35. The highest BCUT2D eigenvalue weighted by molar-refractivity contribution is 6.30. The molecule has 0 bridgehead atoms. The molecular weight excluding hydrogens is 488 g/mol. The maximum absolute atomic E-state index is 12.7. The van der Waals surface area contributed by atoms with E-state index in [0.29, 0.717) is 12.5 Å². The van der Waals surface area contributed by atoms with Crippen molar-refractivity contribution in [3.05, 3.63) is 58.1 Å². The number of benzene rings is 2. The minimum Gasteiger partial charge on any atom is -0.491 e. The van der Waals surface area contributed by atoms with Gasteiger partial charge in [-0.1, -0.05) is 43.5 Å². The Morgan fingerprint density at radius 3 is 2.62 bits per heavy atom. The lowest BCUT2D eigenvalue weighted by atomic mass is 9.84. The number of fused-ring (bicyclic) bond motifs is 1. The van der Waals surface area contributed by atoms with Crippen LogP contribution in [0, 0.1) is 5.92 Å². The second-order valence-corrected chi connectivity index (χ2v) is 11.0. The fraction of sp³-hybridized carbons (Fsp3) is 0.533. The molecule has 6 nitrogen and oxygen atoms in total. The monoisotopic (exact) mass is 526 g/mol. The number of nitrogens with zero attached hydrogens (tertiary/aromatic N) is 2. The molecule has 7 heteroatoms. The van der Waals surface area contributed by atoms with Gasteiger partial charge < -0.3 is 19.3 Å². The van der Waals surface area contributed by atoms with Crippen molar-refractivity contribution in [1.29, 1.82) is 0 Å². The van der Waals surface area contributed by atoms with Crippen LogP contribution in [0.2, 0.25) is 5.02 Å². The Bertz CT molecular complexity index is 1110. The summed E-state index contributed by atoms with van der Waals surface area (Å²) in [7, 11) is 4.77. The summed E-state index contributed by atoms with van der Waals surface area (Å²) in [5.74, 6) is 0.489. The van der Waals surface area contributed by atoms with E-state index in [2.05, 4.69) is 24.0 Å². The molecule has 0 spiro atoms. The number of rotatable bonds is 9. The number of halogens is 1. The molecule has 2 aliphatic rings. The van der Waals surface area contributed by atoms with Crippen LogP contribution in [0.15, 0.2) is 36.4 Å². The minimum absolute atomic E-state index is 0.0652. The molecule has 1 amide bonds. The highest BCUT2D eigenvalue weighted by Crippen LogP contribution is 2.40. The maximum Gasteiger partial charge on any atom is 0.313 e. The van der Waals surface area contributed by atoms with Gasteiger partial charge in [-0.2, -0.15) is 0 Å². The van der Waals surface area contributed by atoms with E-state index in [4.69, 9.17) is 21.1 Å². The number of carbonyl (C=O) groups excluding carboxylic acids is 2. The van der Waals surface area contributed by atoms with Gasteiger partial charge in [-0.05, 0) is 66.1 Å². The number of anilines is 1. The number of aryl methyl sites for hydroxylation is 1. The van der Waals surface area contributed by atoms with Crippen molar-refractivity contribution < 1.29 is 19.1 Å². The molecule has 1 heterocycles. The van der Waals surface area contributed by atoms with E-state index in [1.54, 1.807) is 14.1 Å². The third-order valence-corrected chi connectivity index (χ3v) is 7.97. The van der Waals surface area contributed by atoms with Crippen molar-refractivity contribution in [1.82, 2.24) is 4.90 Å². The van der Waals surface area contributed by atoms with Gasteiger partial charge in [0.25, 0.3) is 0 Å². The minimum atomic E-state index is -0.665. The first-order valence-electron chi connectivity index (χ1n) is 13.4. The topological polar surface area (TPSA) is 59.1 Å². The van der Waals surface area contributed by atoms with E-state index in [1.165, 1.54) is 42.4 Å². The fourth-order valence-corrected chi connectivity index (χ4v) is 5.57. The average molecular weight is 527 g/mol. The molecule has 1 fully saturated rings. The zero-order valence-corrected chi connectivity index (χ0v) is 23.2. The molecule has 2 aromatic rings. The Hall–Kier alpha value is -2.73. The Morgan fingerprint density at radius 1 is 1.19 bits per heavy atom. The van der Waals surface area contributed by atoms with Crippen molar-refractivity contribution in [2.45, 2.75) is 57.3 Å². The number of hydrogen-bond acceptors (Lipinski definition) is 5. The summed E-state index contributed by atoms with van der Waals surface area (Å²) in [6.45, 7) is 4.54. The smallest absolute Gasteiger partial charge is 0.313 e. The molecule has 1 saturated carbocycles. The van der Waals surface area contributed by atoms with Crippen LogP contribution in [-0.4, -0.2) is 57.7 Å². The molecule has 0 saturated heterocycles. The van der Waals surface area contributed by atoms with Gasteiger partial charge in [0.15, 0.2) is 0 Å². The molecule has 1 unspecified atom stereocenters. The van der Waals surface area contributed by atoms with Gasteiger partial charge in [0, 0.05) is 44.5 Å². The average Bonchev–Trinajstić information content (AvgIpc) is 3.03. The van der Waals surface area contributed by atoms with Crippen LogP contribution in [0.1, 0.15) is 67.6 Å². The van der Waals surface area contributed by atoms with Crippen LogP contribution in [0.4, 0.5) is 5.69 Å². The van der Waals surface area contributed by atoms with E-state index in [9.17, 15) is 9.59 Å². The van der Waals surface area contributed by atoms with Crippen LogP contribution < -0.4 is 9.64 Å². The van der Waals surface area contributed by atoms with E-state index < -0.39 is 11.9 Å². The number of carbonyl (C=O) groups is 2. The quantitative estimate of drug-likeness (QED) is 0.386. The molecule has 200 valence electrons. The Kier molecular flexibility index (Phi) is 9.01. The van der Waals surface area contributed by atoms with Crippen LogP contribution in [0.3, 0.4) is 0 Å². The van der Waals surface area contributed by atoms with Gasteiger partial charge in [-0.3, -0.25) is 9.59 Å². The summed E-state index contributed by atoms with van der Waals surface area (Å²) in [6, 6.07) is 12.1. The second kappa shape index (κ2) is 12.2. The Morgan fingerprint density at radius 2 is 1.97 bits per heavy atom. The summed E-state index contributed by atoms with van der Waals surface area (Å²) in [5.41, 5.74) is 4.34. The fourth-order valence-electron chi connectivity index (χ4n) is 5.37. The van der Waals surface area contributed by atoms with E-state index in [1.807, 2.05) is 24.3 Å². The van der Waals surface area contributed by atoms with Gasteiger partial charge in [0.05, 0.1) is 25.3 Å². The molecule has 37 heavy (non-hydrogen) atoms. The van der Waals surface area contributed by atoms with Crippen molar-refractivity contribution >= 4 is 29.2 Å². The van der Waals surface area contributed by atoms with Crippen molar-refractivity contribution in [2.75, 3.05) is 45.8 Å². The predicted octanol–water partition coefficient (Wildman–Crippen LogP) is 5.81. The van der Waals surface area contributed by atoms with E-state index in [0.717, 1.165) is 48.0 Å². The third kappa shape index (κ3) is 6.40. The van der Waals surface area contributed by atoms with E-state index >= 15 is 0 Å². The molecule has 0 radical (unpaired) electrons. The lowest BCUT2D eigenvalue weighted by Crippen LogP contribution is -2.35. The standard InChI is InChI=1S/C30H39ClN2O4/c1-5-7-21-14-24(31)11-12-25(21)23-18-33(17-20-8-6-9-20)27-15-22(10-13-28(27)37-19-23)26(30(35)36-4)16-29(34)32(2)3/h10-15,20,23,26H,5-9,16-19H2,1-4H3/t23?,26-/m1/s1. The Labute approximate surface area is 225 Å². The lowest BCUT2D eigenvalue weighted by molar-refractivity contribution is -0.145. The van der Waals surface area contributed by atoms with Crippen molar-refractivity contribution in [3.63, 3.8) is 0 Å². The number of methoxy groups -OCH3 is 1. The predicted molar refractivity (Wildman–Crippen MR) is 148 cm³/mol. The van der Waals surface area contributed by atoms with Crippen LogP contribution in [0.25, 0.3) is 0 Å². The summed E-state index contributed by atoms with van der Waals surface area (Å²) in [5, 5.41) is 0.766. The van der Waals surface area contributed by atoms with Gasteiger partial charge >= 0.3 is 5.97 Å².